The van der Waals surface area contributed by atoms with E-state index in [0.29, 0.717) is 0 Å². The molecule has 0 aromatic heterocycles. The van der Waals surface area contributed by atoms with E-state index in [1.165, 1.54) is 77.3 Å². The minimum Gasteiger partial charge on any atom is -0.314 e. The molecule has 2 heteroatoms. The van der Waals surface area contributed by atoms with Crippen molar-refractivity contribution in [2.24, 2.45) is 5.92 Å². The molecule has 110 valence electrons. The van der Waals surface area contributed by atoms with Crippen LogP contribution in [0.5, 0.6) is 0 Å². The van der Waals surface area contributed by atoms with Crippen LogP contribution in [0.4, 0.5) is 0 Å². The first-order valence-electron chi connectivity index (χ1n) is 8.87. The summed E-state index contributed by atoms with van der Waals surface area (Å²) in [5.41, 5.74) is 0. The average Bonchev–Trinajstić information content (AvgIpc) is 2.90. The molecule has 0 aromatic rings. The molecule has 1 heterocycles. The number of hydrogen-bond donors (Lipinski definition) is 1. The van der Waals surface area contributed by atoms with Crippen LogP contribution < -0.4 is 5.32 Å². The maximum absolute atomic E-state index is 3.72. The van der Waals surface area contributed by atoms with Crippen molar-refractivity contribution in [1.29, 1.82) is 0 Å². The van der Waals surface area contributed by atoms with Crippen LogP contribution in [-0.4, -0.2) is 36.1 Å². The second-order valence-corrected chi connectivity index (χ2v) is 7.10. The van der Waals surface area contributed by atoms with E-state index in [1.54, 1.807) is 0 Å². The minimum atomic E-state index is 0.820. The van der Waals surface area contributed by atoms with E-state index in [2.05, 4.69) is 17.1 Å². The third-order valence-electron chi connectivity index (χ3n) is 5.90. The topological polar surface area (TPSA) is 15.3 Å². The van der Waals surface area contributed by atoms with Gasteiger partial charge in [-0.2, -0.15) is 0 Å². The van der Waals surface area contributed by atoms with Gasteiger partial charge in [-0.1, -0.05) is 19.8 Å². The molecule has 0 radical (unpaired) electrons. The van der Waals surface area contributed by atoms with Gasteiger partial charge >= 0.3 is 0 Å². The van der Waals surface area contributed by atoms with E-state index in [0.717, 1.165) is 24.0 Å². The molecular weight excluding hydrogens is 232 g/mol. The van der Waals surface area contributed by atoms with E-state index in [9.17, 15) is 0 Å². The zero-order valence-corrected chi connectivity index (χ0v) is 12.7. The van der Waals surface area contributed by atoms with Crippen LogP contribution in [0.15, 0.2) is 0 Å². The highest BCUT2D eigenvalue weighted by Gasteiger charge is 2.39. The molecule has 3 aliphatic rings. The molecular formula is C17H32N2. The van der Waals surface area contributed by atoms with Crippen molar-refractivity contribution in [3.8, 4) is 0 Å². The molecule has 2 atom stereocenters. The highest BCUT2D eigenvalue weighted by molar-refractivity contribution is 4.94. The van der Waals surface area contributed by atoms with Gasteiger partial charge in [0.1, 0.15) is 0 Å². The van der Waals surface area contributed by atoms with Gasteiger partial charge in [-0.05, 0) is 70.4 Å². The summed E-state index contributed by atoms with van der Waals surface area (Å²) in [5, 5.41) is 3.72. The largest absolute Gasteiger partial charge is 0.314 e. The lowest BCUT2D eigenvalue weighted by Gasteiger charge is -2.40. The summed E-state index contributed by atoms with van der Waals surface area (Å²) in [7, 11) is 0. The first-order chi connectivity index (χ1) is 9.38. The van der Waals surface area contributed by atoms with Gasteiger partial charge < -0.3 is 5.32 Å². The van der Waals surface area contributed by atoms with Crippen LogP contribution in [0, 0.1) is 5.92 Å². The number of fused-ring (bicyclic) bond motifs is 1. The molecule has 0 spiro atoms. The molecule has 0 amide bonds. The van der Waals surface area contributed by atoms with Crippen molar-refractivity contribution in [3.63, 3.8) is 0 Å². The molecule has 19 heavy (non-hydrogen) atoms. The zero-order chi connectivity index (χ0) is 13.1. The Morgan fingerprint density at radius 3 is 2.53 bits per heavy atom. The maximum Gasteiger partial charge on any atom is 0.0127 e. The Morgan fingerprint density at radius 2 is 1.74 bits per heavy atom. The minimum absolute atomic E-state index is 0.820. The molecule has 1 saturated heterocycles. The smallest absolute Gasteiger partial charge is 0.0127 e. The zero-order valence-electron chi connectivity index (χ0n) is 12.7. The van der Waals surface area contributed by atoms with Gasteiger partial charge in [-0.15, -0.1) is 0 Å². The first-order valence-corrected chi connectivity index (χ1v) is 8.87. The molecule has 2 saturated carbocycles. The van der Waals surface area contributed by atoms with Crippen molar-refractivity contribution >= 4 is 0 Å². The Balaban J connectivity index is 1.48. The van der Waals surface area contributed by atoms with Crippen LogP contribution in [0.2, 0.25) is 0 Å². The second-order valence-electron chi connectivity index (χ2n) is 7.10. The summed E-state index contributed by atoms with van der Waals surface area (Å²) in [4.78, 5) is 2.93. The molecule has 2 nitrogen and oxygen atoms in total. The van der Waals surface area contributed by atoms with Gasteiger partial charge in [-0.25, -0.2) is 0 Å². The van der Waals surface area contributed by atoms with E-state index in [-0.39, 0.29) is 0 Å². The predicted octanol–water partition coefficient (Wildman–Crippen LogP) is 3.56. The SMILES string of the molecule is CCCNC1CCC(N2CCC3CCCCC32)CC1. The molecule has 0 aromatic carbocycles. The summed E-state index contributed by atoms with van der Waals surface area (Å²) in [6, 6.07) is 2.72. The normalized spacial score (nSPS) is 40.3. The number of nitrogens with zero attached hydrogens (tertiary/aromatic N) is 1. The van der Waals surface area contributed by atoms with Gasteiger partial charge in [-0.3, -0.25) is 4.90 Å². The number of rotatable bonds is 4. The Labute approximate surface area is 119 Å². The highest BCUT2D eigenvalue weighted by atomic mass is 15.2. The van der Waals surface area contributed by atoms with Crippen LogP contribution in [-0.2, 0) is 0 Å². The molecule has 2 aliphatic carbocycles. The molecule has 3 fully saturated rings. The number of likely N-dealkylation sites (tertiary alicyclic amines) is 1. The van der Waals surface area contributed by atoms with Gasteiger partial charge in [0.05, 0.1) is 0 Å². The first kappa shape index (κ1) is 13.9. The van der Waals surface area contributed by atoms with Crippen molar-refractivity contribution < 1.29 is 0 Å². The quantitative estimate of drug-likeness (QED) is 0.835. The van der Waals surface area contributed by atoms with E-state index < -0.39 is 0 Å². The van der Waals surface area contributed by atoms with Gasteiger partial charge in [0.25, 0.3) is 0 Å². The van der Waals surface area contributed by atoms with Gasteiger partial charge in [0.2, 0.25) is 0 Å². The number of nitrogens with one attached hydrogen (secondary N) is 1. The van der Waals surface area contributed by atoms with Crippen LogP contribution in [0.25, 0.3) is 0 Å². The van der Waals surface area contributed by atoms with E-state index in [4.69, 9.17) is 0 Å². The fourth-order valence-corrected chi connectivity index (χ4v) is 4.86. The van der Waals surface area contributed by atoms with E-state index >= 15 is 0 Å². The second kappa shape index (κ2) is 6.58. The van der Waals surface area contributed by atoms with Gasteiger partial charge in [0, 0.05) is 18.1 Å². The van der Waals surface area contributed by atoms with Crippen LogP contribution >= 0.6 is 0 Å². The third kappa shape index (κ3) is 3.16. The Kier molecular flexibility index (Phi) is 4.81. The summed E-state index contributed by atoms with van der Waals surface area (Å²) in [5.74, 6) is 1.06. The molecule has 3 rings (SSSR count). The van der Waals surface area contributed by atoms with Crippen molar-refractivity contribution in [3.05, 3.63) is 0 Å². The average molecular weight is 264 g/mol. The standard InChI is InChI=1S/C17H32N2/c1-2-12-18-15-7-9-16(10-8-15)19-13-11-14-5-3-4-6-17(14)19/h14-18H,2-13H2,1H3. The lowest BCUT2D eigenvalue weighted by atomic mass is 9.83. The monoisotopic (exact) mass is 264 g/mol. The summed E-state index contributed by atoms with van der Waals surface area (Å²) in [6.07, 6.45) is 14.5. The predicted molar refractivity (Wildman–Crippen MR) is 81.4 cm³/mol. The lowest BCUT2D eigenvalue weighted by Crippen LogP contribution is -2.46. The molecule has 2 unspecified atom stereocenters. The van der Waals surface area contributed by atoms with Crippen molar-refractivity contribution in [2.75, 3.05) is 13.1 Å². The summed E-state index contributed by atoms with van der Waals surface area (Å²) < 4.78 is 0. The fourth-order valence-electron chi connectivity index (χ4n) is 4.86. The maximum atomic E-state index is 3.72. The Bertz CT molecular complexity index is 270. The molecule has 1 N–H and O–H groups in total. The Hall–Kier alpha value is -0.0800. The van der Waals surface area contributed by atoms with E-state index in [1.807, 2.05) is 0 Å². The third-order valence-corrected chi connectivity index (χ3v) is 5.90. The van der Waals surface area contributed by atoms with Gasteiger partial charge in [0.15, 0.2) is 0 Å². The molecule has 1 aliphatic heterocycles. The fraction of sp³-hybridized carbons (Fsp3) is 1.00. The molecule has 0 bridgehead atoms. The van der Waals surface area contributed by atoms with Crippen molar-refractivity contribution in [1.82, 2.24) is 10.2 Å². The lowest BCUT2D eigenvalue weighted by molar-refractivity contribution is 0.0994. The highest BCUT2D eigenvalue weighted by Crippen LogP contribution is 2.39. The Morgan fingerprint density at radius 1 is 0.947 bits per heavy atom. The van der Waals surface area contributed by atoms with Crippen LogP contribution in [0.1, 0.15) is 71.1 Å². The van der Waals surface area contributed by atoms with Crippen LogP contribution in [0.3, 0.4) is 0 Å². The summed E-state index contributed by atoms with van der Waals surface area (Å²) in [6.45, 7) is 4.89. The number of hydrogen-bond acceptors (Lipinski definition) is 2. The van der Waals surface area contributed by atoms with Crippen molar-refractivity contribution in [2.45, 2.75) is 89.3 Å². The summed E-state index contributed by atoms with van der Waals surface area (Å²) >= 11 is 0.